The van der Waals surface area contributed by atoms with E-state index in [9.17, 15) is 9.59 Å². The fourth-order valence-electron chi connectivity index (χ4n) is 2.31. The van der Waals surface area contributed by atoms with Crippen molar-refractivity contribution >= 4 is 11.6 Å². The molecule has 0 bridgehead atoms. The van der Waals surface area contributed by atoms with Crippen LogP contribution >= 0.6 is 0 Å². The number of H-pyrrole nitrogens is 1. The second-order valence-corrected chi connectivity index (χ2v) is 4.59. The van der Waals surface area contributed by atoms with Crippen molar-refractivity contribution in [2.75, 3.05) is 0 Å². The van der Waals surface area contributed by atoms with Gasteiger partial charge in [0, 0.05) is 17.5 Å². The molecule has 0 radical (unpaired) electrons. The maximum Gasteiger partial charge on any atom is 0.285 e. The largest absolute Gasteiger partial charge is 0.293 e. The first-order chi connectivity index (χ1) is 10.1. The molecular weight excluding hydrogens is 270 g/mol. The number of nitrogens with zero attached hydrogens (tertiary/aromatic N) is 2. The molecule has 7 heteroatoms. The molecule has 0 aliphatic rings. The van der Waals surface area contributed by atoms with E-state index in [1.54, 1.807) is 0 Å². The molecule has 0 atom stereocenters. The highest BCUT2D eigenvalue weighted by atomic mass is 16.2. The van der Waals surface area contributed by atoms with Gasteiger partial charge in [0.25, 0.3) is 11.5 Å². The van der Waals surface area contributed by atoms with Gasteiger partial charge in [-0.25, -0.2) is 15.3 Å². The Morgan fingerprint density at radius 3 is 2.71 bits per heavy atom. The molecule has 0 saturated heterocycles. The lowest BCUT2D eigenvalue weighted by Gasteiger charge is -2.01. The van der Waals surface area contributed by atoms with Crippen molar-refractivity contribution in [3.8, 4) is 11.1 Å². The molecule has 106 valence electrons. The van der Waals surface area contributed by atoms with Crippen LogP contribution in [0, 0.1) is 6.92 Å². The number of fused-ring (bicyclic) bond motifs is 1. The van der Waals surface area contributed by atoms with Crippen molar-refractivity contribution in [3.05, 3.63) is 58.1 Å². The lowest BCUT2D eigenvalue weighted by atomic mass is 10.1. The Morgan fingerprint density at radius 1 is 1.33 bits per heavy atom. The van der Waals surface area contributed by atoms with Crippen LogP contribution in [0.1, 0.15) is 16.1 Å². The Balaban J connectivity index is 2.31. The van der Waals surface area contributed by atoms with Crippen LogP contribution in [-0.2, 0) is 0 Å². The summed E-state index contributed by atoms with van der Waals surface area (Å²) in [6.45, 7) is 1.85. The summed E-state index contributed by atoms with van der Waals surface area (Å²) in [4.78, 5) is 28.1. The predicted octanol–water partition coefficient (Wildman–Crippen LogP) is 0.602. The topological polar surface area (TPSA) is 105 Å². The summed E-state index contributed by atoms with van der Waals surface area (Å²) in [5.74, 6) is 4.39. The van der Waals surface area contributed by atoms with Gasteiger partial charge in [0.15, 0.2) is 5.65 Å². The molecule has 21 heavy (non-hydrogen) atoms. The number of hydrogen-bond acceptors (Lipinski definition) is 4. The van der Waals surface area contributed by atoms with Gasteiger partial charge in [0.05, 0.1) is 0 Å². The Morgan fingerprint density at radius 2 is 2.05 bits per heavy atom. The number of nitrogens with one attached hydrogen (secondary N) is 2. The average Bonchev–Trinajstić information content (AvgIpc) is 2.85. The molecule has 0 unspecified atom stereocenters. The summed E-state index contributed by atoms with van der Waals surface area (Å²) in [6, 6.07) is 9.60. The van der Waals surface area contributed by atoms with E-state index in [-0.39, 0.29) is 5.56 Å². The number of aryl methyl sites for hydroxylation is 1. The maximum atomic E-state index is 12.3. The number of rotatable bonds is 2. The predicted molar refractivity (Wildman–Crippen MR) is 77.6 cm³/mol. The standard InChI is InChI=1S/C14H13N5O2/c1-8-11(9-5-3-2-4-6-9)12-16-7-10(13(20)17-15)14(21)19(12)18-8/h2-7,18H,15H2,1H3,(H,17,20). The minimum absolute atomic E-state index is 0.115. The third-order valence-corrected chi connectivity index (χ3v) is 3.28. The monoisotopic (exact) mass is 283 g/mol. The number of benzene rings is 1. The van der Waals surface area contributed by atoms with Crippen molar-refractivity contribution in [1.82, 2.24) is 20.0 Å². The summed E-state index contributed by atoms with van der Waals surface area (Å²) in [6.07, 6.45) is 1.24. The fourth-order valence-corrected chi connectivity index (χ4v) is 2.31. The van der Waals surface area contributed by atoms with Gasteiger partial charge in [0.2, 0.25) is 0 Å². The zero-order valence-electron chi connectivity index (χ0n) is 11.3. The van der Waals surface area contributed by atoms with Crippen molar-refractivity contribution in [2.45, 2.75) is 6.92 Å². The minimum Gasteiger partial charge on any atom is -0.293 e. The third kappa shape index (κ3) is 2.00. The van der Waals surface area contributed by atoms with Gasteiger partial charge < -0.3 is 0 Å². The van der Waals surface area contributed by atoms with E-state index in [0.29, 0.717) is 5.65 Å². The van der Waals surface area contributed by atoms with Crippen LogP contribution in [0.15, 0.2) is 41.3 Å². The van der Waals surface area contributed by atoms with Crippen LogP contribution in [0.2, 0.25) is 0 Å². The van der Waals surface area contributed by atoms with Gasteiger partial charge in [-0.05, 0) is 12.5 Å². The van der Waals surface area contributed by atoms with Crippen LogP contribution in [0.5, 0.6) is 0 Å². The first-order valence-corrected chi connectivity index (χ1v) is 6.30. The van der Waals surface area contributed by atoms with Crippen LogP contribution in [-0.4, -0.2) is 20.5 Å². The van der Waals surface area contributed by atoms with Crippen molar-refractivity contribution < 1.29 is 4.79 Å². The second kappa shape index (κ2) is 4.88. The highest BCUT2D eigenvalue weighted by Crippen LogP contribution is 2.25. The highest BCUT2D eigenvalue weighted by Gasteiger charge is 2.17. The lowest BCUT2D eigenvalue weighted by molar-refractivity contribution is 0.0951. The van der Waals surface area contributed by atoms with E-state index in [1.165, 1.54) is 10.7 Å². The van der Waals surface area contributed by atoms with Gasteiger partial charge >= 0.3 is 0 Å². The molecule has 7 nitrogen and oxygen atoms in total. The molecule has 0 spiro atoms. The number of nitrogens with two attached hydrogens (primary N) is 1. The van der Waals surface area contributed by atoms with Gasteiger partial charge in [-0.1, -0.05) is 30.3 Å². The molecule has 2 heterocycles. The second-order valence-electron chi connectivity index (χ2n) is 4.59. The van der Waals surface area contributed by atoms with Crippen LogP contribution in [0.4, 0.5) is 0 Å². The van der Waals surface area contributed by atoms with E-state index in [2.05, 4.69) is 10.1 Å². The molecule has 1 aromatic carbocycles. The molecule has 0 saturated carbocycles. The zero-order chi connectivity index (χ0) is 15.0. The molecule has 0 aliphatic heterocycles. The number of carbonyl (C=O) groups is 1. The van der Waals surface area contributed by atoms with E-state index in [0.717, 1.165) is 16.8 Å². The van der Waals surface area contributed by atoms with Crippen molar-refractivity contribution in [2.24, 2.45) is 5.84 Å². The molecule has 1 amide bonds. The van der Waals surface area contributed by atoms with E-state index < -0.39 is 11.5 Å². The quantitative estimate of drug-likeness (QED) is 0.364. The number of carbonyl (C=O) groups excluding carboxylic acids is 1. The first-order valence-electron chi connectivity index (χ1n) is 6.30. The number of aromatic amines is 1. The van der Waals surface area contributed by atoms with E-state index >= 15 is 0 Å². The summed E-state index contributed by atoms with van der Waals surface area (Å²) in [7, 11) is 0. The Bertz CT molecular complexity index is 880. The number of hydrazine groups is 1. The zero-order valence-corrected chi connectivity index (χ0v) is 11.3. The number of aromatic nitrogens is 3. The van der Waals surface area contributed by atoms with Crippen LogP contribution in [0.25, 0.3) is 16.8 Å². The van der Waals surface area contributed by atoms with Gasteiger partial charge in [-0.2, -0.15) is 0 Å². The lowest BCUT2D eigenvalue weighted by Crippen LogP contribution is -2.35. The van der Waals surface area contributed by atoms with E-state index in [1.807, 2.05) is 42.7 Å². The molecule has 0 aliphatic carbocycles. The molecule has 3 aromatic rings. The summed E-state index contributed by atoms with van der Waals surface area (Å²) in [5.41, 5.74) is 4.35. The number of amides is 1. The SMILES string of the molecule is Cc1[nH]n2c(=O)c(C(=O)NN)cnc2c1-c1ccccc1. The summed E-state index contributed by atoms with van der Waals surface area (Å²) >= 11 is 0. The molecule has 4 N–H and O–H groups in total. The van der Waals surface area contributed by atoms with Crippen LogP contribution in [0.3, 0.4) is 0 Å². The summed E-state index contributed by atoms with van der Waals surface area (Å²) < 4.78 is 1.25. The maximum absolute atomic E-state index is 12.3. The molecular formula is C14H13N5O2. The van der Waals surface area contributed by atoms with Gasteiger partial charge in [-0.15, -0.1) is 0 Å². The summed E-state index contributed by atoms with van der Waals surface area (Å²) in [5, 5.41) is 2.93. The smallest absolute Gasteiger partial charge is 0.285 e. The number of nitrogen functional groups attached to an aromatic ring is 1. The average molecular weight is 283 g/mol. The fraction of sp³-hybridized carbons (Fsp3) is 0.0714. The Labute approximate surface area is 119 Å². The van der Waals surface area contributed by atoms with Crippen LogP contribution < -0.4 is 16.8 Å². The Hall–Kier alpha value is -2.93. The molecule has 2 aromatic heterocycles. The third-order valence-electron chi connectivity index (χ3n) is 3.28. The highest BCUT2D eigenvalue weighted by molar-refractivity contribution is 5.93. The normalized spacial score (nSPS) is 10.8. The van der Waals surface area contributed by atoms with Crippen molar-refractivity contribution in [3.63, 3.8) is 0 Å². The first kappa shape index (κ1) is 13.1. The van der Waals surface area contributed by atoms with Gasteiger partial charge in [0.1, 0.15) is 5.56 Å². The van der Waals surface area contributed by atoms with E-state index in [4.69, 9.17) is 5.84 Å². The Kier molecular flexibility index (Phi) is 3.03. The van der Waals surface area contributed by atoms with Crippen molar-refractivity contribution in [1.29, 1.82) is 0 Å². The van der Waals surface area contributed by atoms with Gasteiger partial charge in [-0.3, -0.25) is 20.1 Å². The minimum atomic E-state index is -0.671. The molecule has 0 fully saturated rings. The number of hydrogen-bond donors (Lipinski definition) is 3. The molecule has 3 rings (SSSR count).